The third-order valence-corrected chi connectivity index (χ3v) is 3.87. The van der Waals surface area contributed by atoms with Crippen LogP contribution in [0.15, 0.2) is 29.2 Å². The van der Waals surface area contributed by atoms with E-state index < -0.39 is 10.0 Å². The minimum atomic E-state index is -3.44. The smallest absolute Gasteiger partial charge is 0.240 e. The maximum Gasteiger partial charge on any atom is 0.240 e. The SMILES string of the molecule is CC(C)CCCNS(=O)(=O)c1ccc(O)cc1. The lowest BCUT2D eigenvalue weighted by atomic mass is 10.1. The standard InChI is InChI=1S/C12H19NO3S/c1-10(2)4-3-9-13-17(15,16)12-7-5-11(14)6-8-12/h5-8,10,13-14H,3-4,9H2,1-2H3. The molecule has 0 atom stereocenters. The predicted octanol–water partition coefficient (Wildman–Crippen LogP) is 2.11. The van der Waals surface area contributed by atoms with E-state index in [1.54, 1.807) is 0 Å². The highest BCUT2D eigenvalue weighted by atomic mass is 32.2. The summed E-state index contributed by atoms with van der Waals surface area (Å²) in [4.78, 5) is 0.180. The Morgan fingerprint density at radius 3 is 2.35 bits per heavy atom. The largest absolute Gasteiger partial charge is 0.508 e. The van der Waals surface area contributed by atoms with Crippen LogP contribution >= 0.6 is 0 Å². The van der Waals surface area contributed by atoms with E-state index in [1.165, 1.54) is 24.3 Å². The summed E-state index contributed by atoms with van der Waals surface area (Å²) in [5.74, 6) is 0.636. The zero-order valence-corrected chi connectivity index (χ0v) is 11.0. The molecule has 0 unspecified atom stereocenters. The first-order valence-electron chi connectivity index (χ1n) is 5.70. The highest BCUT2D eigenvalue weighted by Crippen LogP contribution is 2.14. The number of nitrogens with one attached hydrogen (secondary N) is 1. The van der Waals surface area contributed by atoms with Crippen LogP contribution in [0, 0.1) is 5.92 Å². The number of phenols is 1. The lowest BCUT2D eigenvalue weighted by Gasteiger charge is -2.08. The van der Waals surface area contributed by atoms with Crippen molar-refractivity contribution in [3.8, 4) is 5.75 Å². The van der Waals surface area contributed by atoms with E-state index >= 15 is 0 Å². The van der Waals surface area contributed by atoms with Gasteiger partial charge in [0.2, 0.25) is 10.0 Å². The quantitative estimate of drug-likeness (QED) is 0.767. The summed E-state index contributed by atoms with van der Waals surface area (Å²) >= 11 is 0. The molecule has 0 aliphatic carbocycles. The molecule has 0 saturated heterocycles. The highest BCUT2D eigenvalue weighted by Gasteiger charge is 2.12. The molecule has 0 aliphatic rings. The third-order valence-electron chi connectivity index (χ3n) is 2.40. The van der Waals surface area contributed by atoms with Crippen molar-refractivity contribution < 1.29 is 13.5 Å². The molecule has 0 heterocycles. The molecule has 0 aromatic heterocycles. The molecule has 0 aliphatic heterocycles. The molecule has 0 amide bonds. The van der Waals surface area contributed by atoms with Crippen molar-refractivity contribution in [2.45, 2.75) is 31.6 Å². The molecule has 4 nitrogen and oxygen atoms in total. The van der Waals surface area contributed by atoms with Crippen molar-refractivity contribution in [3.05, 3.63) is 24.3 Å². The number of aromatic hydroxyl groups is 1. The number of hydrogen-bond acceptors (Lipinski definition) is 3. The van der Waals surface area contributed by atoms with Crippen molar-refractivity contribution in [1.29, 1.82) is 0 Å². The van der Waals surface area contributed by atoms with E-state index in [2.05, 4.69) is 18.6 Å². The van der Waals surface area contributed by atoms with E-state index in [0.717, 1.165) is 12.8 Å². The van der Waals surface area contributed by atoms with Gasteiger partial charge in [-0.05, 0) is 43.0 Å². The van der Waals surface area contributed by atoms with Crippen LogP contribution in [-0.2, 0) is 10.0 Å². The van der Waals surface area contributed by atoms with Crippen LogP contribution in [-0.4, -0.2) is 20.1 Å². The minimum absolute atomic E-state index is 0.0590. The second-order valence-corrected chi connectivity index (χ2v) is 6.19. The first-order chi connectivity index (χ1) is 7.92. The summed E-state index contributed by atoms with van der Waals surface area (Å²) in [6.07, 6.45) is 1.83. The summed E-state index contributed by atoms with van der Waals surface area (Å²) in [5.41, 5.74) is 0. The topological polar surface area (TPSA) is 66.4 Å². The summed E-state index contributed by atoms with van der Waals surface area (Å²) in [6, 6.07) is 5.51. The van der Waals surface area contributed by atoms with E-state index in [9.17, 15) is 8.42 Å². The van der Waals surface area contributed by atoms with Crippen LogP contribution in [0.4, 0.5) is 0 Å². The number of phenolic OH excluding ortho intramolecular Hbond substituents is 1. The molecular weight excluding hydrogens is 238 g/mol. The van der Waals surface area contributed by atoms with Gasteiger partial charge in [0, 0.05) is 6.54 Å². The molecule has 2 N–H and O–H groups in total. The number of hydrogen-bond donors (Lipinski definition) is 2. The van der Waals surface area contributed by atoms with Gasteiger partial charge in [-0.25, -0.2) is 13.1 Å². The summed E-state index contributed by atoms with van der Waals surface area (Å²) < 4.78 is 26.1. The molecule has 0 spiro atoms. The molecule has 1 aromatic carbocycles. The molecular formula is C12H19NO3S. The maximum absolute atomic E-state index is 11.8. The van der Waals surface area contributed by atoms with Crippen LogP contribution in [0.3, 0.4) is 0 Å². The number of benzene rings is 1. The van der Waals surface area contributed by atoms with Gasteiger partial charge in [0.15, 0.2) is 0 Å². The van der Waals surface area contributed by atoms with Crippen LogP contribution in [0.25, 0.3) is 0 Å². The molecule has 0 saturated carbocycles. The summed E-state index contributed by atoms with van der Waals surface area (Å²) in [6.45, 7) is 4.66. The average Bonchev–Trinajstić information content (AvgIpc) is 2.25. The average molecular weight is 257 g/mol. The van der Waals surface area contributed by atoms with E-state index in [0.29, 0.717) is 12.5 Å². The predicted molar refractivity (Wildman–Crippen MR) is 67.4 cm³/mol. The van der Waals surface area contributed by atoms with Crippen molar-refractivity contribution >= 4 is 10.0 Å². The second kappa shape index (κ2) is 6.02. The van der Waals surface area contributed by atoms with Crippen molar-refractivity contribution in [2.24, 2.45) is 5.92 Å². The lowest BCUT2D eigenvalue weighted by Crippen LogP contribution is -2.24. The van der Waals surface area contributed by atoms with Crippen LogP contribution < -0.4 is 4.72 Å². The first kappa shape index (κ1) is 14.0. The van der Waals surface area contributed by atoms with Gasteiger partial charge >= 0.3 is 0 Å². The van der Waals surface area contributed by atoms with Crippen LogP contribution in [0.2, 0.25) is 0 Å². The van der Waals surface area contributed by atoms with Gasteiger partial charge in [0.05, 0.1) is 4.90 Å². The van der Waals surface area contributed by atoms with Crippen molar-refractivity contribution in [1.82, 2.24) is 4.72 Å². The Balaban J connectivity index is 2.54. The molecule has 0 bridgehead atoms. The monoisotopic (exact) mass is 257 g/mol. The van der Waals surface area contributed by atoms with Gasteiger partial charge in [-0.3, -0.25) is 0 Å². The fourth-order valence-corrected chi connectivity index (χ4v) is 2.50. The molecule has 0 fully saturated rings. The molecule has 1 aromatic rings. The summed E-state index contributed by atoms with van der Waals surface area (Å²) in [5, 5.41) is 9.08. The highest BCUT2D eigenvalue weighted by molar-refractivity contribution is 7.89. The van der Waals surface area contributed by atoms with E-state index in [4.69, 9.17) is 5.11 Å². The molecule has 96 valence electrons. The Hall–Kier alpha value is -1.07. The second-order valence-electron chi connectivity index (χ2n) is 4.43. The lowest BCUT2D eigenvalue weighted by molar-refractivity contribution is 0.474. The van der Waals surface area contributed by atoms with E-state index in [-0.39, 0.29) is 10.6 Å². The fraction of sp³-hybridized carbons (Fsp3) is 0.500. The van der Waals surface area contributed by atoms with Gasteiger partial charge in [-0.2, -0.15) is 0 Å². The third kappa shape index (κ3) is 4.75. The fourth-order valence-electron chi connectivity index (χ4n) is 1.43. The van der Waals surface area contributed by atoms with Crippen LogP contribution in [0.1, 0.15) is 26.7 Å². The maximum atomic E-state index is 11.8. The molecule has 1 rings (SSSR count). The van der Waals surface area contributed by atoms with Crippen molar-refractivity contribution in [2.75, 3.05) is 6.54 Å². The molecule has 17 heavy (non-hydrogen) atoms. The Morgan fingerprint density at radius 2 is 1.82 bits per heavy atom. The van der Waals surface area contributed by atoms with E-state index in [1.807, 2.05) is 0 Å². The Kier molecular flexibility index (Phi) is 4.96. The van der Waals surface area contributed by atoms with Gasteiger partial charge in [0.25, 0.3) is 0 Å². The zero-order chi connectivity index (χ0) is 12.9. The first-order valence-corrected chi connectivity index (χ1v) is 7.19. The number of sulfonamides is 1. The Labute approximate surface area is 103 Å². The Morgan fingerprint density at radius 1 is 1.24 bits per heavy atom. The Bertz CT molecular complexity index is 437. The summed E-state index contributed by atoms with van der Waals surface area (Å²) in [7, 11) is -3.44. The molecule has 0 radical (unpaired) electrons. The van der Waals surface area contributed by atoms with Crippen molar-refractivity contribution in [3.63, 3.8) is 0 Å². The zero-order valence-electron chi connectivity index (χ0n) is 10.2. The normalized spacial score (nSPS) is 11.9. The van der Waals surface area contributed by atoms with Gasteiger partial charge in [-0.1, -0.05) is 13.8 Å². The molecule has 5 heteroatoms. The minimum Gasteiger partial charge on any atom is -0.508 e. The van der Waals surface area contributed by atoms with Crippen LogP contribution in [0.5, 0.6) is 5.75 Å². The van der Waals surface area contributed by atoms with Gasteiger partial charge in [-0.15, -0.1) is 0 Å². The van der Waals surface area contributed by atoms with Gasteiger partial charge < -0.3 is 5.11 Å². The van der Waals surface area contributed by atoms with Gasteiger partial charge in [0.1, 0.15) is 5.75 Å². The number of rotatable bonds is 6.